The monoisotopic (exact) mass is 205 g/mol. The Kier molecular flexibility index (Phi) is 3.83. The van der Waals surface area contributed by atoms with Crippen molar-refractivity contribution in [3.05, 3.63) is 39.4 Å². The maximum atomic E-state index is 10.6. The van der Waals surface area contributed by atoms with Gasteiger partial charge in [-0.3, -0.25) is 10.1 Å². The molecule has 0 aromatic heterocycles. The number of benzene rings is 1. The lowest BCUT2D eigenvalue weighted by Crippen LogP contribution is -1.90. The predicted octanol–water partition coefficient (Wildman–Crippen LogP) is 1.64. The van der Waals surface area contributed by atoms with Gasteiger partial charge in [0.15, 0.2) is 0 Å². The number of aliphatic hydroxyl groups is 1. The van der Waals surface area contributed by atoms with Crippen LogP contribution in [0.1, 0.15) is 17.5 Å². The summed E-state index contributed by atoms with van der Waals surface area (Å²) in [5, 5.41) is 19.1. The van der Waals surface area contributed by atoms with E-state index in [4.69, 9.17) is 5.11 Å². The van der Waals surface area contributed by atoms with Crippen molar-refractivity contribution in [2.24, 2.45) is 0 Å². The van der Waals surface area contributed by atoms with E-state index in [-0.39, 0.29) is 12.3 Å². The second-order valence-corrected chi connectivity index (χ2v) is 3.09. The molecule has 1 rings (SSSR count). The van der Waals surface area contributed by atoms with E-state index in [0.717, 1.165) is 5.56 Å². The predicted molar refractivity (Wildman–Crippen MR) is 56.4 cm³/mol. The molecule has 0 atom stereocenters. The van der Waals surface area contributed by atoms with E-state index in [2.05, 4.69) is 11.8 Å². The van der Waals surface area contributed by atoms with Crippen LogP contribution >= 0.6 is 0 Å². The van der Waals surface area contributed by atoms with Crippen molar-refractivity contribution in [1.29, 1.82) is 0 Å². The van der Waals surface area contributed by atoms with Crippen LogP contribution in [0.15, 0.2) is 18.2 Å². The minimum atomic E-state index is -0.440. The Morgan fingerprint density at radius 2 is 2.20 bits per heavy atom. The second-order valence-electron chi connectivity index (χ2n) is 3.09. The molecule has 4 nitrogen and oxygen atoms in total. The quantitative estimate of drug-likeness (QED) is 0.453. The van der Waals surface area contributed by atoms with Gasteiger partial charge in [-0.05, 0) is 18.6 Å². The average molecular weight is 205 g/mol. The summed E-state index contributed by atoms with van der Waals surface area (Å²) < 4.78 is 0. The molecule has 0 fully saturated rings. The van der Waals surface area contributed by atoms with Gasteiger partial charge in [0.25, 0.3) is 5.69 Å². The Labute approximate surface area is 87.7 Å². The van der Waals surface area contributed by atoms with Gasteiger partial charge in [-0.2, -0.15) is 0 Å². The van der Waals surface area contributed by atoms with E-state index < -0.39 is 4.92 Å². The smallest absolute Gasteiger partial charge is 0.270 e. The molecule has 0 saturated heterocycles. The Bertz CT molecular complexity index is 429. The summed E-state index contributed by atoms with van der Waals surface area (Å²) in [4.78, 5) is 10.1. The van der Waals surface area contributed by atoms with E-state index in [0.29, 0.717) is 12.0 Å². The van der Waals surface area contributed by atoms with Crippen LogP contribution in [0.2, 0.25) is 0 Å². The summed E-state index contributed by atoms with van der Waals surface area (Å²) in [7, 11) is 0. The lowest BCUT2D eigenvalue weighted by Gasteiger charge is -1.95. The highest BCUT2D eigenvalue weighted by Gasteiger charge is 2.06. The van der Waals surface area contributed by atoms with E-state index in [9.17, 15) is 10.1 Å². The number of nitro benzene ring substituents is 1. The van der Waals surface area contributed by atoms with Crippen LogP contribution in [0.3, 0.4) is 0 Å². The second kappa shape index (κ2) is 5.13. The van der Waals surface area contributed by atoms with Gasteiger partial charge in [0.2, 0.25) is 0 Å². The highest BCUT2D eigenvalue weighted by Crippen LogP contribution is 2.15. The summed E-state index contributed by atoms with van der Waals surface area (Å²) in [6.45, 7) is 1.78. The standard InChI is InChI=1S/C11H11NO3/c1-9-6-10(4-2-3-5-13)8-11(7-9)12(14)15/h6-8,13H,3,5H2,1H3. The molecule has 1 aromatic rings. The maximum absolute atomic E-state index is 10.6. The van der Waals surface area contributed by atoms with Crippen LogP contribution in [-0.4, -0.2) is 16.6 Å². The first-order valence-electron chi connectivity index (χ1n) is 4.49. The molecule has 0 amide bonds. The molecule has 0 unspecified atom stereocenters. The van der Waals surface area contributed by atoms with Crippen LogP contribution < -0.4 is 0 Å². The SMILES string of the molecule is Cc1cc(C#CCCO)cc([N+](=O)[O-])c1. The molecule has 0 bridgehead atoms. The zero-order chi connectivity index (χ0) is 11.3. The first kappa shape index (κ1) is 11.2. The highest BCUT2D eigenvalue weighted by atomic mass is 16.6. The Hall–Kier alpha value is -1.86. The summed E-state index contributed by atoms with van der Waals surface area (Å²) in [6, 6.07) is 4.70. The number of rotatable bonds is 2. The summed E-state index contributed by atoms with van der Waals surface area (Å²) in [5.74, 6) is 5.49. The molecule has 0 aliphatic rings. The number of hydrogen-bond acceptors (Lipinski definition) is 3. The third-order valence-corrected chi connectivity index (χ3v) is 1.74. The molecule has 15 heavy (non-hydrogen) atoms. The molecule has 0 aliphatic carbocycles. The van der Waals surface area contributed by atoms with Crippen LogP contribution in [-0.2, 0) is 0 Å². The van der Waals surface area contributed by atoms with Gasteiger partial charge < -0.3 is 5.11 Å². The summed E-state index contributed by atoms with van der Waals surface area (Å²) in [6.07, 6.45) is 0.377. The molecule has 4 heteroatoms. The van der Waals surface area contributed by atoms with Crippen molar-refractivity contribution < 1.29 is 10.0 Å². The van der Waals surface area contributed by atoms with Crippen molar-refractivity contribution in [2.75, 3.05) is 6.61 Å². The highest BCUT2D eigenvalue weighted by molar-refractivity contribution is 5.46. The number of nitrogens with zero attached hydrogens (tertiary/aromatic N) is 1. The fraction of sp³-hybridized carbons (Fsp3) is 0.273. The van der Waals surface area contributed by atoms with Gasteiger partial charge in [0, 0.05) is 24.1 Å². The molecule has 0 saturated carbocycles. The van der Waals surface area contributed by atoms with Crippen molar-refractivity contribution in [1.82, 2.24) is 0 Å². The zero-order valence-corrected chi connectivity index (χ0v) is 8.36. The van der Waals surface area contributed by atoms with E-state index in [1.807, 2.05) is 0 Å². The largest absolute Gasteiger partial charge is 0.395 e. The fourth-order valence-corrected chi connectivity index (χ4v) is 1.16. The van der Waals surface area contributed by atoms with Gasteiger partial charge >= 0.3 is 0 Å². The van der Waals surface area contributed by atoms with Crippen LogP contribution in [0.4, 0.5) is 5.69 Å². The molecule has 0 heterocycles. The summed E-state index contributed by atoms with van der Waals surface area (Å²) in [5.41, 5.74) is 1.45. The number of non-ortho nitro benzene ring substituents is 1. The number of nitro groups is 1. The Balaban J connectivity index is 3.00. The third-order valence-electron chi connectivity index (χ3n) is 1.74. The van der Waals surface area contributed by atoms with Crippen molar-refractivity contribution in [3.8, 4) is 11.8 Å². The van der Waals surface area contributed by atoms with Gasteiger partial charge in [-0.15, -0.1) is 0 Å². The zero-order valence-electron chi connectivity index (χ0n) is 8.36. The fourth-order valence-electron chi connectivity index (χ4n) is 1.16. The number of aryl methyl sites for hydroxylation is 1. The molecule has 0 spiro atoms. The maximum Gasteiger partial charge on any atom is 0.270 e. The number of aliphatic hydroxyl groups excluding tert-OH is 1. The van der Waals surface area contributed by atoms with Crippen LogP contribution in [0.25, 0.3) is 0 Å². The van der Waals surface area contributed by atoms with Gasteiger partial charge in [0.05, 0.1) is 11.5 Å². The molecule has 0 aliphatic heterocycles. The van der Waals surface area contributed by atoms with Crippen LogP contribution in [0.5, 0.6) is 0 Å². The Morgan fingerprint density at radius 1 is 1.47 bits per heavy atom. The van der Waals surface area contributed by atoms with Crippen molar-refractivity contribution in [2.45, 2.75) is 13.3 Å². The normalized spacial score (nSPS) is 9.20. The Morgan fingerprint density at radius 3 is 2.80 bits per heavy atom. The van der Waals surface area contributed by atoms with Gasteiger partial charge in [0.1, 0.15) is 0 Å². The minimum Gasteiger partial charge on any atom is -0.395 e. The van der Waals surface area contributed by atoms with Crippen molar-refractivity contribution in [3.63, 3.8) is 0 Å². The molecule has 0 radical (unpaired) electrons. The molecule has 1 aromatic carbocycles. The molecule has 1 N–H and O–H groups in total. The lowest BCUT2D eigenvalue weighted by atomic mass is 10.1. The summed E-state index contributed by atoms with van der Waals surface area (Å²) >= 11 is 0. The average Bonchev–Trinajstić information content (AvgIpc) is 2.17. The molecular weight excluding hydrogens is 194 g/mol. The molecular formula is C11H11NO3. The first-order chi connectivity index (χ1) is 7.13. The first-order valence-corrected chi connectivity index (χ1v) is 4.49. The van der Waals surface area contributed by atoms with E-state index in [1.165, 1.54) is 12.1 Å². The van der Waals surface area contributed by atoms with Gasteiger partial charge in [-0.25, -0.2) is 0 Å². The van der Waals surface area contributed by atoms with E-state index in [1.54, 1.807) is 13.0 Å². The minimum absolute atomic E-state index is 0.000902. The van der Waals surface area contributed by atoms with Crippen molar-refractivity contribution >= 4 is 5.69 Å². The topological polar surface area (TPSA) is 63.4 Å². The van der Waals surface area contributed by atoms with E-state index >= 15 is 0 Å². The molecule has 78 valence electrons. The third kappa shape index (κ3) is 3.41. The number of hydrogen-bond donors (Lipinski definition) is 1. The van der Waals surface area contributed by atoms with Gasteiger partial charge in [-0.1, -0.05) is 11.8 Å². The van der Waals surface area contributed by atoms with Crippen LogP contribution in [0, 0.1) is 28.9 Å². The lowest BCUT2D eigenvalue weighted by molar-refractivity contribution is -0.384.